The van der Waals surface area contributed by atoms with Gasteiger partial charge in [0.15, 0.2) is 0 Å². The fourth-order valence-electron chi connectivity index (χ4n) is 5.44. The number of hydrogen-bond acceptors (Lipinski definition) is 1. The number of fused-ring (bicyclic) bond motifs is 3. The zero-order chi connectivity index (χ0) is 16.0. The quantitative estimate of drug-likeness (QED) is 0.503. The van der Waals surface area contributed by atoms with E-state index in [2.05, 4.69) is 52.1 Å². The smallest absolute Gasteiger partial charge is 0.0162 e. The summed E-state index contributed by atoms with van der Waals surface area (Å²) in [4.78, 5) is 1.61. The SMILES string of the molecule is C=C(C)/C=C1/SC2C3CCCCCCC3(C)CCC2C1(C)C. The third-order valence-corrected chi connectivity index (χ3v) is 8.76. The molecule has 4 unspecified atom stereocenters. The maximum absolute atomic E-state index is 4.13. The van der Waals surface area contributed by atoms with Crippen LogP contribution < -0.4 is 0 Å². The van der Waals surface area contributed by atoms with Gasteiger partial charge in [-0.15, -0.1) is 11.8 Å². The third kappa shape index (κ3) is 2.83. The maximum Gasteiger partial charge on any atom is 0.0162 e. The van der Waals surface area contributed by atoms with E-state index >= 15 is 0 Å². The van der Waals surface area contributed by atoms with Gasteiger partial charge in [0.2, 0.25) is 0 Å². The first-order chi connectivity index (χ1) is 10.3. The molecular weight excluding hydrogens is 284 g/mol. The standard InChI is InChI=1S/C21H34S/c1-15(2)14-18-20(3,4)16-11-13-21(5)12-9-7-6-8-10-17(21)19(16)22-18/h14,16-17,19H,1,6-13H2,2-5H3/b18-14+. The normalized spacial score (nSPS) is 43.1. The highest BCUT2D eigenvalue weighted by Crippen LogP contribution is 2.65. The van der Waals surface area contributed by atoms with E-state index in [-0.39, 0.29) is 0 Å². The van der Waals surface area contributed by atoms with Gasteiger partial charge in [0.25, 0.3) is 0 Å². The number of thioether (sulfide) groups is 1. The number of hydrogen-bond donors (Lipinski definition) is 0. The first-order valence-corrected chi connectivity index (χ1v) is 10.3. The molecule has 4 atom stereocenters. The summed E-state index contributed by atoms with van der Waals surface area (Å²) in [6.07, 6.45) is 14.1. The average molecular weight is 319 g/mol. The van der Waals surface area contributed by atoms with E-state index in [0.717, 1.165) is 17.1 Å². The van der Waals surface area contributed by atoms with Gasteiger partial charge in [-0.25, -0.2) is 0 Å². The highest BCUT2D eigenvalue weighted by molar-refractivity contribution is 8.04. The van der Waals surface area contributed by atoms with Gasteiger partial charge in [0.1, 0.15) is 0 Å². The van der Waals surface area contributed by atoms with E-state index in [1.54, 1.807) is 4.91 Å². The third-order valence-electron chi connectivity index (χ3n) is 6.93. The molecule has 124 valence electrons. The molecule has 2 saturated carbocycles. The summed E-state index contributed by atoms with van der Waals surface area (Å²) in [5.41, 5.74) is 2.19. The van der Waals surface area contributed by atoms with Gasteiger partial charge in [-0.2, -0.15) is 0 Å². The minimum atomic E-state index is 0.359. The predicted octanol–water partition coefficient (Wildman–Crippen LogP) is 6.97. The lowest BCUT2D eigenvalue weighted by molar-refractivity contribution is 0.0373. The van der Waals surface area contributed by atoms with E-state index < -0.39 is 0 Å². The van der Waals surface area contributed by atoms with Gasteiger partial charge in [-0.05, 0) is 66.3 Å². The molecule has 0 bridgehead atoms. The van der Waals surface area contributed by atoms with Crippen LogP contribution in [0.2, 0.25) is 0 Å². The van der Waals surface area contributed by atoms with Crippen molar-refractivity contribution in [2.75, 3.05) is 0 Å². The zero-order valence-electron chi connectivity index (χ0n) is 15.1. The molecule has 1 heterocycles. The molecule has 0 N–H and O–H groups in total. The molecule has 1 heteroatoms. The van der Waals surface area contributed by atoms with E-state index in [4.69, 9.17) is 0 Å². The second kappa shape index (κ2) is 6.04. The summed E-state index contributed by atoms with van der Waals surface area (Å²) < 4.78 is 0. The van der Waals surface area contributed by atoms with Crippen LogP contribution in [0.3, 0.4) is 0 Å². The molecule has 0 spiro atoms. The van der Waals surface area contributed by atoms with Gasteiger partial charge >= 0.3 is 0 Å². The van der Waals surface area contributed by atoms with Crippen molar-refractivity contribution in [2.45, 2.75) is 84.3 Å². The Morgan fingerprint density at radius 2 is 1.77 bits per heavy atom. The average Bonchev–Trinajstić information content (AvgIpc) is 2.64. The van der Waals surface area contributed by atoms with Gasteiger partial charge in [-0.3, -0.25) is 0 Å². The van der Waals surface area contributed by atoms with E-state index in [1.165, 1.54) is 56.9 Å². The van der Waals surface area contributed by atoms with E-state index in [1.807, 2.05) is 0 Å². The van der Waals surface area contributed by atoms with Crippen LogP contribution in [0, 0.1) is 22.7 Å². The first kappa shape index (κ1) is 16.7. The topological polar surface area (TPSA) is 0 Å². The van der Waals surface area contributed by atoms with Crippen molar-refractivity contribution in [3.05, 3.63) is 23.1 Å². The van der Waals surface area contributed by atoms with Crippen LogP contribution in [0.4, 0.5) is 0 Å². The molecule has 22 heavy (non-hydrogen) atoms. The highest BCUT2D eigenvalue weighted by atomic mass is 32.2. The summed E-state index contributed by atoms with van der Waals surface area (Å²) in [6, 6.07) is 0. The fourth-order valence-corrected chi connectivity index (χ4v) is 7.73. The van der Waals surface area contributed by atoms with Crippen molar-refractivity contribution in [1.82, 2.24) is 0 Å². The Bertz CT molecular complexity index is 472. The Morgan fingerprint density at radius 1 is 1.05 bits per heavy atom. The molecule has 0 nitrogen and oxygen atoms in total. The van der Waals surface area contributed by atoms with Crippen LogP contribution in [-0.4, -0.2) is 5.25 Å². The van der Waals surface area contributed by atoms with Gasteiger partial charge in [-0.1, -0.05) is 58.6 Å². The summed E-state index contributed by atoms with van der Waals surface area (Å²) in [5.74, 6) is 1.81. The van der Waals surface area contributed by atoms with Crippen molar-refractivity contribution >= 4 is 11.8 Å². The Morgan fingerprint density at radius 3 is 2.50 bits per heavy atom. The second-order valence-corrected chi connectivity index (χ2v) is 10.2. The Hall–Kier alpha value is -0.170. The van der Waals surface area contributed by atoms with Crippen molar-refractivity contribution in [3.63, 3.8) is 0 Å². The fraction of sp³-hybridized carbons (Fsp3) is 0.810. The highest BCUT2D eigenvalue weighted by Gasteiger charge is 2.55. The minimum Gasteiger partial charge on any atom is -0.126 e. The number of allylic oxidation sites excluding steroid dienone is 3. The molecule has 0 aromatic heterocycles. The Kier molecular flexibility index (Phi) is 4.58. The zero-order valence-corrected chi connectivity index (χ0v) is 15.9. The molecule has 3 fully saturated rings. The Labute approximate surface area is 142 Å². The minimum absolute atomic E-state index is 0.359. The molecule has 3 aliphatic rings. The van der Waals surface area contributed by atoms with E-state index in [0.29, 0.717) is 10.8 Å². The van der Waals surface area contributed by atoms with Gasteiger partial charge in [0.05, 0.1) is 0 Å². The maximum atomic E-state index is 4.13. The first-order valence-electron chi connectivity index (χ1n) is 9.39. The van der Waals surface area contributed by atoms with Crippen molar-refractivity contribution in [2.24, 2.45) is 22.7 Å². The van der Waals surface area contributed by atoms with Crippen LogP contribution in [0.25, 0.3) is 0 Å². The predicted molar refractivity (Wildman–Crippen MR) is 100 cm³/mol. The lowest BCUT2D eigenvalue weighted by atomic mass is 9.56. The molecule has 0 aromatic rings. The van der Waals surface area contributed by atoms with Crippen molar-refractivity contribution in [3.8, 4) is 0 Å². The van der Waals surface area contributed by atoms with Crippen LogP contribution >= 0.6 is 11.8 Å². The van der Waals surface area contributed by atoms with Crippen LogP contribution in [0.15, 0.2) is 23.1 Å². The monoisotopic (exact) mass is 318 g/mol. The lowest BCUT2D eigenvalue weighted by Crippen LogP contribution is -2.45. The largest absolute Gasteiger partial charge is 0.126 e. The van der Waals surface area contributed by atoms with Crippen LogP contribution in [0.1, 0.15) is 79.1 Å². The second-order valence-electron chi connectivity index (χ2n) is 9.02. The lowest BCUT2D eigenvalue weighted by Gasteiger charge is -2.50. The molecule has 0 radical (unpaired) electrons. The summed E-state index contributed by atoms with van der Waals surface area (Å²) in [7, 11) is 0. The summed E-state index contributed by atoms with van der Waals surface area (Å²) >= 11 is 2.23. The molecule has 1 saturated heterocycles. The molecule has 0 aromatic carbocycles. The summed E-state index contributed by atoms with van der Waals surface area (Å²) in [6.45, 7) is 13.9. The van der Waals surface area contributed by atoms with Crippen molar-refractivity contribution < 1.29 is 0 Å². The molecular formula is C21H34S. The summed E-state index contributed by atoms with van der Waals surface area (Å²) in [5, 5.41) is 0.859. The van der Waals surface area contributed by atoms with Crippen LogP contribution in [0.5, 0.6) is 0 Å². The molecule has 1 aliphatic heterocycles. The molecule has 2 aliphatic carbocycles. The van der Waals surface area contributed by atoms with Gasteiger partial charge < -0.3 is 0 Å². The van der Waals surface area contributed by atoms with E-state index in [9.17, 15) is 0 Å². The molecule has 3 rings (SSSR count). The number of rotatable bonds is 1. The van der Waals surface area contributed by atoms with Crippen LogP contribution in [-0.2, 0) is 0 Å². The van der Waals surface area contributed by atoms with Crippen molar-refractivity contribution in [1.29, 1.82) is 0 Å². The van der Waals surface area contributed by atoms with Gasteiger partial charge in [0, 0.05) is 5.25 Å². The molecule has 0 amide bonds. The Balaban J connectivity index is 1.91.